The number of hydrogen-bond acceptors (Lipinski definition) is 3. The van der Waals surface area contributed by atoms with Gasteiger partial charge in [0.1, 0.15) is 0 Å². The zero-order valence-corrected chi connectivity index (χ0v) is 16.7. The SMILES string of the molecule is CCCc1cc(=O)[nH]c2cc(NC(=O)C3(c4ccccc4)CCOCC3)ccc12. The third-order valence-corrected chi connectivity index (χ3v) is 5.81. The molecule has 1 amide bonds. The maximum atomic E-state index is 13.4. The summed E-state index contributed by atoms with van der Waals surface area (Å²) in [5.74, 6) is -0.0293. The standard InChI is InChI=1S/C24H26N2O3/c1-2-6-17-15-22(27)26-21-16-19(9-10-20(17)21)25-23(28)24(11-13-29-14-12-24)18-7-4-3-5-8-18/h3-5,7-10,15-16H,2,6,11-14H2,1H3,(H,25,28)(H,26,27). The number of carbonyl (C=O) groups is 1. The molecule has 5 nitrogen and oxygen atoms in total. The number of anilines is 1. The molecule has 2 heterocycles. The Labute approximate surface area is 170 Å². The fraction of sp³-hybridized carbons (Fsp3) is 0.333. The van der Waals surface area contributed by atoms with Crippen LogP contribution in [0.5, 0.6) is 0 Å². The summed E-state index contributed by atoms with van der Waals surface area (Å²) in [5.41, 5.74) is 2.77. The fourth-order valence-corrected chi connectivity index (χ4v) is 4.26. The monoisotopic (exact) mass is 390 g/mol. The van der Waals surface area contributed by atoms with Crippen LogP contribution in [0.1, 0.15) is 37.3 Å². The van der Waals surface area contributed by atoms with E-state index in [1.807, 2.05) is 48.5 Å². The molecule has 29 heavy (non-hydrogen) atoms. The first-order valence-electron chi connectivity index (χ1n) is 10.2. The number of aromatic nitrogens is 1. The molecule has 3 aromatic rings. The van der Waals surface area contributed by atoms with Crippen molar-refractivity contribution in [2.24, 2.45) is 0 Å². The van der Waals surface area contributed by atoms with Crippen molar-refractivity contribution in [2.75, 3.05) is 18.5 Å². The summed E-state index contributed by atoms with van der Waals surface area (Å²) in [6.45, 7) is 3.22. The number of pyridine rings is 1. The van der Waals surface area contributed by atoms with Gasteiger partial charge in [-0.2, -0.15) is 0 Å². The second-order valence-electron chi connectivity index (χ2n) is 7.68. The van der Waals surface area contributed by atoms with Gasteiger partial charge in [0.25, 0.3) is 0 Å². The minimum absolute atomic E-state index is 0.0293. The van der Waals surface area contributed by atoms with E-state index in [2.05, 4.69) is 17.2 Å². The van der Waals surface area contributed by atoms with Crippen LogP contribution in [0.2, 0.25) is 0 Å². The molecule has 1 aliphatic heterocycles. The highest BCUT2D eigenvalue weighted by Crippen LogP contribution is 2.36. The van der Waals surface area contributed by atoms with Gasteiger partial charge >= 0.3 is 0 Å². The van der Waals surface area contributed by atoms with Gasteiger partial charge in [0.15, 0.2) is 0 Å². The number of aromatic amines is 1. The van der Waals surface area contributed by atoms with Crippen LogP contribution in [-0.4, -0.2) is 24.1 Å². The Morgan fingerprint density at radius 1 is 1.10 bits per heavy atom. The van der Waals surface area contributed by atoms with E-state index in [9.17, 15) is 9.59 Å². The molecule has 5 heteroatoms. The lowest BCUT2D eigenvalue weighted by atomic mass is 9.73. The van der Waals surface area contributed by atoms with Gasteiger partial charge in [-0.25, -0.2) is 0 Å². The van der Waals surface area contributed by atoms with Gasteiger partial charge in [-0.05, 0) is 42.5 Å². The largest absolute Gasteiger partial charge is 0.381 e. The zero-order chi connectivity index (χ0) is 20.3. The van der Waals surface area contributed by atoms with Crippen LogP contribution in [0.25, 0.3) is 10.9 Å². The molecule has 0 unspecified atom stereocenters. The second-order valence-corrected chi connectivity index (χ2v) is 7.68. The van der Waals surface area contributed by atoms with Gasteiger partial charge in [-0.3, -0.25) is 9.59 Å². The molecule has 2 aromatic carbocycles. The Hall–Kier alpha value is -2.92. The number of amides is 1. The summed E-state index contributed by atoms with van der Waals surface area (Å²) in [6, 6.07) is 17.3. The molecule has 1 aliphatic rings. The number of ether oxygens (including phenoxy) is 1. The van der Waals surface area contributed by atoms with Crippen LogP contribution < -0.4 is 10.9 Å². The Kier molecular flexibility index (Phi) is 5.49. The summed E-state index contributed by atoms with van der Waals surface area (Å²) < 4.78 is 5.53. The van der Waals surface area contributed by atoms with E-state index >= 15 is 0 Å². The second kappa shape index (κ2) is 8.21. The fourth-order valence-electron chi connectivity index (χ4n) is 4.26. The van der Waals surface area contributed by atoms with E-state index in [0.717, 1.165) is 34.9 Å². The Balaban J connectivity index is 1.68. The summed E-state index contributed by atoms with van der Waals surface area (Å²) >= 11 is 0. The minimum Gasteiger partial charge on any atom is -0.381 e. The van der Waals surface area contributed by atoms with Gasteiger partial charge in [0, 0.05) is 30.4 Å². The maximum absolute atomic E-state index is 13.4. The first-order chi connectivity index (χ1) is 14.1. The van der Waals surface area contributed by atoms with Gasteiger partial charge in [-0.1, -0.05) is 49.7 Å². The lowest BCUT2D eigenvalue weighted by Crippen LogP contribution is -2.44. The van der Waals surface area contributed by atoms with Crippen LogP contribution in [0.4, 0.5) is 5.69 Å². The van der Waals surface area contributed by atoms with Crippen molar-refractivity contribution in [3.63, 3.8) is 0 Å². The van der Waals surface area contributed by atoms with E-state index in [0.29, 0.717) is 31.7 Å². The summed E-state index contributed by atoms with van der Waals surface area (Å²) in [7, 11) is 0. The molecule has 0 saturated carbocycles. The predicted octanol–water partition coefficient (Wildman–Crippen LogP) is 4.17. The summed E-state index contributed by atoms with van der Waals surface area (Å²) in [5, 5.41) is 4.12. The van der Waals surface area contributed by atoms with Gasteiger partial charge in [-0.15, -0.1) is 0 Å². The highest BCUT2D eigenvalue weighted by atomic mass is 16.5. The molecular weight excluding hydrogens is 364 g/mol. The molecule has 0 aliphatic carbocycles. The summed E-state index contributed by atoms with van der Waals surface area (Å²) in [6.07, 6.45) is 3.11. The van der Waals surface area contributed by atoms with E-state index in [1.54, 1.807) is 6.07 Å². The lowest BCUT2D eigenvalue weighted by molar-refractivity contribution is -0.125. The van der Waals surface area contributed by atoms with Crippen LogP contribution in [0.15, 0.2) is 59.4 Å². The minimum atomic E-state index is -0.605. The zero-order valence-electron chi connectivity index (χ0n) is 16.7. The molecule has 0 atom stereocenters. The third kappa shape index (κ3) is 3.83. The van der Waals surface area contributed by atoms with Crippen molar-refractivity contribution in [3.8, 4) is 0 Å². The first-order valence-corrected chi connectivity index (χ1v) is 10.2. The van der Waals surface area contributed by atoms with Crippen molar-refractivity contribution in [2.45, 2.75) is 38.0 Å². The van der Waals surface area contributed by atoms with E-state index in [4.69, 9.17) is 4.74 Å². The van der Waals surface area contributed by atoms with E-state index in [-0.39, 0.29) is 11.5 Å². The molecule has 1 aromatic heterocycles. The van der Waals surface area contributed by atoms with Crippen LogP contribution in [-0.2, 0) is 21.4 Å². The lowest BCUT2D eigenvalue weighted by Gasteiger charge is -2.36. The van der Waals surface area contributed by atoms with Gasteiger partial charge < -0.3 is 15.0 Å². The molecule has 0 radical (unpaired) electrons. The molecule has 1 fully saturated rings. The van der Waals surface area contributed by atoms with Gasteiger partial charge in [0.2, 0.25) is 11.5 Å². The van der Waals surface area contributed by atoms with Crippen molar-refractivity contribution < 1.29 is 9.53 Å². The van der Waals surface area contributed by atoms with Crippen LogP contribution in [0.3, 0.4) is 0 Å². The molecule has 2 N–H and O–H groups in total. The van der Waals surface area contributed by atoms with Crippen LogP contribution >= 0.6 is 0 Å². The molecule has 0 bridgehead atoms. The third-order valence-electron chi connectivity index (χ3n) is 5.81. The molecule has 4 rings (SSSR count). The van der Waals surface area contributed by atoms with Crippen LogP contribution in [0, 0.1) is 0 Å². The van der Waals surface area contributed by atoms with Crippen molar-refractivity contribution >= 4 is 22.5 Å². The molecular formula is C24H26N2O3. The number of fused-ring (bicyclic) bond motifs is 1. The number of carbonyl (C=O) groups excluding carboxylic acids is 1. The van der Waals surface area contributed by atoms with E-state index < -0.39 is 5.41 Å². The maximum Gasteiger partial charge on any atom is 0.248 e. The molecule has 1 saturated heterocycles. The van der Waals surface area contributed by atoms with Gasteiger partial charge in [0.05, 0.1) is 10.9 Å². The summed E-state index contributed by atoms with van der Waals surface area (Å²) in [4.78, 5) is 28.4. The average molecular weight is 390 g/mol. The molecule has 150 valence electrons. The highest BCUT2D eigenvalue weighted by Gasteiger charge is 2.41. The number of hydrogen-bond donors (Lipinski definition) is 2. The Morgan fingerprint density at radius 3 is 2.59 bits per heavy atom. The smallest absolute Gasteiger partial charge is 0.248 e. The molecule has 0 spiro atoms. The predicted molar refractivity (Wildman–Crippen MR) is 115 cm³/mol. The van der Waals surface area contributed by atoms with Crippen molar-refractivity contribution in [1.82, 2.24) is 4.98 Å². The van der Waals surface area contributed by atoms with Crippen molar-refractivity contribution in [1.29, 1.82) is 0 Å². The quantitative estimate of drug-likeness (QED) is 0.687. The number of H-pyrrole nitrogens is 1. The first kappa shape index (κ1) is 19.4. The Bertz CT molecular complexity index is 1070. The Morgan fingerprint density at radius 2 is 1.86 bits per heavy atom. The number of nitrogens with one attached hydrogen (secondary N) is 2. The number of benzene rings is 2. The average Bonchev–Trinajstić information content (AvgIpc) is 2.74. The highest BCUT2D eigenvalue weighted by molar-refractivity contribution is 6.00. The van der Waals surface area contributed by atoms with Crippen molar-refractivity contribution in [3.05, 3.63) is 76.1 Å². The number of aryl methyl sites for hydroxylation is 1. The topological polar surface area (TPSA) is 71.2 Å². The van der Waals surface area contributed by atoms with E-state index in [1.165, 1.54) is 0 Å². The number of rotatable bonds is 5. The normalized spacial score (nSPS) is 15.9.